The molecule has 180 valence electrons. The normalized spacial score (nSPS) is 18.6. The number of piperazine rings is 1. The Labute approximate surface area is 203 Å². The van der Waals surface area contributed by atoms with Crippen LogP contribution in [-0.4, -0.2) is 71.8 Å². The van der Waals surface area contributed by atoms with Crippen LogP contribution in [0.3, 0.4) is 0 Å². The van der Waals surface area contributed by atoms with Gasteiger partial charge in [-0.05, 0) is 55.7 Å². The lowest BCUT2D eigenvalue weighted by atomic mass is 9.96. The summed E-state index contributed by atoms with van der Waals surface area (Å²) in [5.74, 6) is -1.01. The number of halogens is 2. The lowest BCUT2D eigenvalue weighted by molar-refractivity contribution is -0.138. The second-order valence-electron chi connectivity index (χ2n) is 8.83. The van der Waals surface area contributed by atoms with Crippen molar-refractivity contribution in [1.29, 1.82) is 0 Å². The van der Waals surface area contributed by atoms with Crippen molar-refractivity contribution in [2.24, 2.45) is 5.92 Å². The van der Waals surface area contributed by atoms with Gasteiger partial charge in [0.05, 0.1) is 16.5 Å². The van der Waals surface area contributed by atoms with Gasteiger partial charge in [-0.3, -0.25) is 9.59 Å². The van der Waals surface area contributed by atoms with Gasteiger partial charge in [-0.25, -0.2) is 9.18 Å². The highest BCUT2D eigenvalue weighted by atomic mass is 35.5. The molecule has 2 aromatic carbocycles. The van der Waals surface area contributed by atoms with Crippen LogP contribution in [0.2, 0.25) is 5.02 Å². The van der Waals surface area contributed by atoms with Crippen molar-refractivity contribution in [2.45, 2.75) is 19.8 Å². The number of aryl methyl sites for hydroxylation is 1. The summed E-state index contributed by atoms with van der Waals surface area (Å²) in [6.07, 6.45) is 1.50. The first kappa shape index (κ1) is 24.0. The summed E-state index contributed by atoms with van der Waals surface area (Å²) in [4.78, 5) is 43.8. The molecule has 0 aromatic heterocycles. The van der Waals surface area contributed by atoms with Gasteiger partial charge in [0.25, 0.3) is 5.91 Å². The van der Waals surface area contributed by atoms with Gasteiger partial charge in [0, 0.05) is 45.0 Å². The number of piperidine rings is 1. The Morgan fingerprint density at radius 2 is 1.71 bits per heavy atom. The molecule has 1 unspecified atom stereocenters. The Balaban J connectivity index is 1.31. The molecule has 1 atom stereocenters. The highest BCUT2D eigenvalue weighted by Gasteiger charge is 2.33. The molecule has 4 amide bonds. The second-order valence-corrected chi connectivity index (χ2v) is 9.23. The number of urea groups is 1. The number of nitrogens with zero attached hydrogens (tertiary/aromatic N) is 3. The number of hydrogen-bond donors (Lipinski definition) is 1. The summed E-state index contributed by atoms with van der Waals surface area (Å²) in [5.41, 5.74) is 2.05. The summed E-state index contributed by atoms with van der Waals surface area (Å²) in [7, 11) is 0. The third-order valence-corrected chi connectivity index (χ3v) is 6.68. The molecule has 0 bridgehead atoms. The molecule has 0 aliphatic carbocycles. The second kappa shape index (κ2) is 10.4. The zero-order valence-electron chi connectivity index (χ0n) is 19.1. The number of anilines is 1. The number of carbonyl (C=O) groups is 3. The highest BCUT2D eigenvalue weighted by molar-refractivity contribution is 6.33. The lowest BCUT2D eigenvalue weighted by Crippen LogP contribution is -2.54. The Morgan fingerprint density at radius 3 is 2.41 bits per heavy atom. The summed E-state index contributed by atoms with van der Waals surface area (Å²) in [6.45, 7) is 4.53. The van der Waals surface area contributed by atoms with Crippen molar-refractivity contribution in [2.75, 3.05) is 44.6 Å². The van der Waals surface area contributed by atoms with Gasteiger partial charge < -0.3 is 20.0 Å². The minimum Gasteiger partial charge on any atom is -0.339 e. The van der Waals surface area contributed by atoms with E-state index in [2.05, 4.69) is 5.32 Å². The molecule has 1 N–H and O–H groups in total. The topological polar surface area (TPSA) is 73.0 Å². The van der Waals surface area contributed by atoms with E-state index in [0.717, 1.165) is 30.2 Å². The fourth-order valence-electron chi connectivity index (χ4n) is 4.51. The van der Waals surface area contributed by atoms with E-state index in [0.29, 0.717) is 39.3 Å². The standard InChI is InChI=1S/C25H28ClFN4O3/c1-17-4-2-6-20(14-17)28-25(34)31-9-3-5-18(16-31)23(32)29-10-12-30(13-11-29)24(33)21-8-7-19(27)15-22(21)26/h2,4,6-8,14-15,18H,3,5,9-13,16H2,1H3,(H,28,34). The number of rotatable bonds is 3. The van der Waals surface area contributed by atoms with Crippen molar-refractivity contribution in [3.05, 3.63) is 64.4 Å². The third-order valence-electron chi connectivity index (χ3n) is 6.37. The Bertz CT molecular complexity index is 1090. The molecule has 2 heterocycles. The fourth-order valence-corrected chi connectivity index (χ4v) is 4.76. The van der Waals surface area contributed by atoms with Gasteiger partial charge in [-0.15, -0.1) is 0 Å². The summed E-state index contributed by atoms with van der Waals surface area (Å²) >= 11 is 6.03. The van der Waals surface area contributed by atoms with E-state index in [1.54, 1.807) is 14.7 Å². The molecular weight excluding hydrogens is 459 g/mol. The third kappa shape index (κ3) is 5.50. The molecule has 0 spiro atoms. The van der Waals surface area contributed by atoms with Crippen LogP contribution >= 0.6 is 11.6 Å². The summed E-state index contributed by atoms with van der Waals surface area (Å²) in [6, 6.07) is 11.1. The molecule has 2 aliphatic heterocycles. The number of carbonyl (C=O) groups excluding carboxylic acids is 3. The van der Waals surface area contributed by atoms with Crippen LogP contribution in [0.15, 0.2) is 42.5 Å². The van der Waals surface area contributed by atoms with Crippen molar-refractivity contribution in [3.63, 3.8) is 0 Å². The SMILES string of the molecule is Cc1cccc(NC(=O)N2CCCC(C(=O)N3CCN(C(=O)c4ccc(F)cc4Cl)CC3)C2)c1. The average Bonchev–Trinajstić information content (AvgIpc) is 2.83. The van der Waals surface area contributed by atoms with Crippen molar-refractivity contribution in [3.8, 4) is 0 Å². The van der Waals surface area contributed by atoms with Crippen LogP contribution < -0.4 is 5.32 Å². The predicted molar refractivity (Wildman–Crippen MR) is 128 cm³/mol. The number of likely N-dealkylation sites (tertiary alicyclic amines) is 1. The number of hydrogen-bond acceptors (Lipinski definition) is 3. The van der Waals surface area contributed by atoms with Gasteiger partial charge in [0.15, 0.2) is 0 Å². The molecule has 2 fully saturated rings. The quantitative estimate of drug-likeness (QED) is 0.712. The molecule has 2 aliphatic rings. The Morgan fingerprint density at radius 1 is 0.971 bits per heavy atom. The highest BCUT2D eigenvalue weighted by Crippen LogP contribution is 2.23. The zero-order chi connectivity index (χ0) is 24.2. The molecule has 7 nitrogen and oxygen atoms in total. The molecule has 9 heteroatoms. The van der Waals surface area contributed by atoms with Crippen LogP contribution in [-0.2, 0) is 4.79 Å². The molecule has 2 saturated heterocycles. The van der Waals surface area contributed by atoms with Gasteiger partial charge in [-0.2, -0.15) is 0 Å². The molecule has 2 aromatic rings. The molecule has 4 rings (SSSR count). The molecule has 0 radical (unpaired) electrons. The zero-order valence-corrected chi connectivity index (χ0v) is 19.9. The first-order valence-electron chi connectivity index (χ1n) is 11.5. The molecule has 34 heavy (non-hydrogen) atoms. The van der Waals surface area contributed by atoms with Crippen LogP contribution in [0.1, 0.15) is 28.8 Å². The van der Waals surface area contributed by atoms with Gasteiger partial charge in [0.1, 0.15) is 5.82 Å². The maximum absolute atomic E-state index is 13.3. The number of amides is 4. The fraction of sp³-hybridized carbons (Fsp3) is 0.400. The van der Waals surface area contributed by atoms with Crippen molar-refractivity contribution < 1.29 is 18.8 Å². The summed E-state index contributed by atoms with van der Waals surface area (Å²) < 4.78 is 13.3. The van der Waals surface area contributed by atoms with Crippen LogP contribution in [0.4, 0.5) is 14.9 Å². The lowest BCUT2D eigenvalue weighted by Gasteiger charge is -2.39. The Hall–Kier alpha value is -3.13. The summed E-state index contributed by atoms with van der Waals surface area (Å²) in [5, 5.41) is 3.00. The largest absolute Gasteiger partial charge is 0.339 e. The van der Waals surface area contributed by atoms with Crippen molar-refractivity contribution >= 4 is 35.1 Å². The maximum atomic E-state index is 13.3. The van der Waals surface area contributed by atoms with E-state index in [-0.39, 0.29) is 34.3 Å². The van der Waals surface area contributed by atoms with E-state index < -0.39 is 5.82 Å². The van der Waals surface area contributed by atoms with Crippen LogP contribution in [0.25, 0.3) is 0 Å². The number of nitrogens with one attached hydrogen (secondary N) is 1. The van der Waals surface area contributed by atoms with Crippen LogP contribution in [0, 0.1) is 18.7 Å². The minimum atomic E-state index is -0.494. The van der Waals surface area contributed by atoms with Gasteiger partial charge >= 0.3 is 6.03 Å². The van der Waals surface area contributed by atoms with E-state index in [9.17, 15) is 18.8 Å². The van der Waals surface area contributed by atoms with Gasteiger partial charge in [0.2, 0.25) is 5.91 Å². The average molecular weight is 487 g/mol. The monoisotopic (exact) mass is 486 g/mol. The predicted octanol–water partition coefficient (Wildman–Crippen LogP) is 4.02. The van der Waals surface area contributed by atoms with E-state index in [1.807, 2.05) is 31.2 Å². The first-order valence-corrected chi connectivity index (χ1v) is 11.9. The molecule has 0 saturated carbocycles. The van der Waals surface area contributed by atoms with Gasteiger partial charge in [-0.1, -0.05) is 23.7 Å². The van der Waals surface area contributed by atoms with E-state index in [4.69, 9.17) is 11.6 Å². The van der Waals surface area contributed by atoms with E-state index in [1.165, 1.54) is 12.1 Å². The minimum absolute atomic E-state index is 0.0139. The van der Waals surface area contributed by atoms with Crippen molar-refractivity contribution in [1.82, 2.24) is 14.7 Å². The maximum Gasteiger partial charge on any atom is 0.321 e. The smallest absolute Gasteiger partial charge is 0.321 e. The molecular formula is C25H28ClFN4O3. The van der Waals surface area contributed by atoms with E-state index >= 15 is 0 Å². The number of benzene rings is 2. The van der Waals surface area contributed by atoms with Crippen LogP contribution in [0.5, 0.6) is 0 Å². The first-order chi connectivity index (χ1) is 16.3. The Kier molecular flexibility index (Phi) is 7.36.